The summed E-state index contributed by atoms with van der Waals surface area (Å²) in [4.78, 5) is 15.4. The lowest BCUT2D eigenvalue weighted by Gasteiger charge is -2.17. The molecule has 0 spiro atoms. The maximum absolute atomic E-state index is 12.3. The van der Waals surface area contributed by atoms with Gasteiger partial charge in [-0.15, -0.1) is 0 Å². The molecule has 5 heteroatoms. The molecule has 2 aromatic carbocycles. The summed E-state index contributed by atoms with van der Waals surface area (Å²) in [5, 5.41) is 8.42. The first-order valence-corrected chi connectivity index (χ1v) is 8.28. The quantitative estimate of drug-likeness (QED) is 0.491. The van der Waals surface area contributed by atoms with Gasteiger partial charge in [-0.05, 0) is 38.0 Å². The van der Waals surface area contributed by atoms with Gasteiger partial charge in [0.05, 0.1) is 6.21 Å². The van der Waals surface area contributed by atoms with Crippen molar-refractivity contribution in [3.05, 3.63) is 65.4 Å². The third-order valence-electron chi connectivity index (χ3n) is 4.23. The Bertz CT molecular complexity index is 906. The van der Waals surface area contributed by atoms with Gasteiger partial charge in [-0.1, -0.05) is 36.4 Å². The van der Waals surface area contributed by atoms with Crippen LogP contribution in [-0.2, 0) is 4.79 Å². The van der Waals surface area contributed by atoms with Crippen LogP contribution in [-0.4, -0.2) is 23.1 Å². The zero-order valence-corrected chi connectivity index (χ0v) is 14.6. The van der Waals surface area contributed by atoms with Crippen LogP contribution in [0.1, 0.15) is 23.6 Å². The van der Waals surface area contributed by atoms with Gasteiger partial charge in [-0.25, -0.2) is 5.43 Å². The summed E-state index contributed by atoms with van der Waals surface area (Å²) in [6.45, 7) is 5.87. The van der Waals surface area contributed by atoms with Crippen LogP contribution in [0.2, 0.25) is 0 Å². The van der Waals surface area contributed by atoms with Crippen molar-refractivity contribution < 1.29 is 4.79 Å². The lowest BCUT2D eigenvalue weighted by atomic mass is 10.1. The topological polar surface area (TPSA) is 69.3 Å². The molecule has 1 heterocycles. The minimum Gasteiger partial charge on any atom is -0.373 e. The van der Waals surface area contributed by atoms with Gasteiger partial charge in [0.2, 0.25) is 0 Å². The fourth-order valence-corrected chi connectivity index (χ4v) is 2.79. The number of hydrogen-bond acceptors (Lipinski definition) is 3. The number of aromatic amines is 1. The van der Waals surface area contributed by atoms with Gasteiger partial charge in [-0.2, -0.15) is 5.10 Å². The van der Waals surface area contributed by atoms with Gasteiger partial charge in [0.25, 0.3) is 5.91 Å². The zero-order chi connectivity index (χ0) is 17.8. The number of rotatable bonds is 5. The molecule has 0 aliphatic carbocycles. The number of para-hydroxylation sites is 2. The van der Waals surface area contributed by atoms with Crippen molar-refractivity contribution in [1.29, 1.82) is 0 Å². The van der Waals surface area contributed by atoms with E-state index in [2.05, 4.69) is 20.8 Å². The Kier molecular flexibility index (Phi) is 4.84. The van der Waals surface area contributed by atoms with E-state index in [4.69, 9.17) is 0 Å². The number of nitrogens with one attached hydrogen (secondary N) is 3. The number of hydrazone groups is 1. The molecule has 0 fully saturated rings. The normalized spacial score (nSPS) is 12.4. The molecule has 0 unspecified atom stereocenters. The molecule has 3 N–H and O–H groups in total. The van der Waals surface area contributed by atoms with Gasteiger partial charge in [0, 0.05) is 28.4 Å². The van der Waals surface area contributed by atoms with E-state index in [0.717, 1.165) is 33.3 Å². The SMILES string of the molecule is Cc1cccc(C)c1N[C@H](C)C(=O)N/N=C/c1c[nH]c2ccccc12. The van der Waals surface area contributed by atoms with Crippen LogP contribution >= 0.6 is 0 Å². The molecule has 1 aromatic heterocycles. The molecule has 25 heavy (non-hydrogen) atoms. The summed E-state index contributed by atoms with van der Waals surface area (Å²) >= 11 is 0. The fraction of sp³-hybridized carbons (Fsp3) is 0.200. The third-order valence-corrected chi connectivity index (χ3v) is 4.23. The summed E-state index contributed by atoms with van der Waals surface area (Å²) in [5.74, 6) is -0.182. The van der Waals surface area contributed by atoms with Crippen LogP contribution in [0.25, 0.3) is 10.9 Å². The van der Waals surface area contributed by atoms with E-state index in [1.807, 2.05) is 69.4 Å². The highest BCUT2D eigenvalue weighted by atomic mass is 16.2. The summed E-state index contributed by atoms with van der Waals surface area (Å²) in [7, 11) is 0. The molecule has 0 saturated heterocycles. The standard InChI is InChI=1S/C20H22N4O/c1-13-7-6-8-14(2)19(13)23-15(3)20(25)24-22-12-16-11-21-18-10-5-4-9-17(16)18/h4-12,15,21,23H,1-3H3,(H,24,25)/b22-12+/t15-/m1/s1. The highest BCUT2D eigenvalue weighted by Gasteiger charge is 2.14. The number of nitrogens with zero attached hydrogens (tertiary/aromatic N) is 1. The molecule has 3 rings (SSSR count). The average Bonchev–Trinajstić information content (AvgIpc) is 3.01. The monoisotopic (exact) mass is 334 g/mol. The number of hydrogen-bond donors (Lipinski definition) is 3. The summed E-state index contributed by atoms with van der Waals surface area (Å²) in [6.07, 6.45) is 3.53. The van der Waals surface area contributed by atoms with E-state index in [-0.39, 0.29) is 11.9 Å². The van der Waals surface area contributed by atoms with E-state index >= 15 is 0 Å². The second kappa shape index (κ2) is 7.21. The average molecular weight is 334 g/mol. The predicted octanol–water partition coefficient (Wildman–Crippen LogP) is 3.74. The van der Waals surface area contributed by atoms with Crippen molar-refractivity contribution in [3.8, 4) is 0 Å². The van der Waals surface area contributed by atoms with Gasteiger partial charge in [0.15, 0.2) is 0 Å². The van der Waals surface area contributed by atoms with Gasteiger partial charge < -0.3 is 10.3 Å². The molecule has 0 bridgehead atoms. The molecule has 0 saturated carbocycles. The molecular weight excluding hydrogens is 312 g/mol. The first-order chi connectivity index (χ1) is 12.1. The summed E-state index contributed by atoms with van der Waals surface area (Å²) < 4.78 is 0. The molecule has 0 radical (unpaired) electrons. The number of H-pyrrole nitrogens is 1. The molecule has 1 amide bonds. The van der Waals surface area contributed by atoms with Gasteiger partial charge in [-0.3, -0.25) is 4.79 Å². The van der Waals surface area contributed by atoms with Crippen molar-refractivity contribution in [1.82, 2.24) is 10.4 Å². The molecule has 5 nitrogen and oxygen atoms in total. The maximum atomic E-state index is 12.3. The molecule has 3 aromatic rings. The van der Waals surface area contributed by atoms with Crippen molar-refractivity contribution in [2.75, 3.05) is 5.32 Å². The Morgan fingerprint density at radius 3 is 2.60 bits per heavy atom. The Labute approximate surface area is 147 Å². The number of carbonyl (C=O) groups is 1. The Balaban J connectivity index is 1.64. The number of fused-ring (bicyclic) bond motifs is 1. The van der Waals surface area contributed by atoms with Gasteiger partial charge in [0.1, 0.15) is 6.04 Å². The predicted molar refractivity (Wildman–Crippen MR) is 103 cm³/mol. The van der Waals surface area contributed by atoms with Crippen molar-refractivity contribution >= 4 is 28.7 Å². The van der Waals surface area contributed by atoms with E-state index in [0.29, 0.717) is 0 Å². The van der Waals surface area contributed by atoms with Crippen molar-refractivity contribution in [2.24, 2.45) is 5.10 Å². The molecule has 0 aliphatic rings. The number of amides is 1. The number of benzene rings is 2. The second-order valence-corrected chi connectivity index (χ2v) is 6.16. The number of anilines is 1. The summed E-state index contributed by atoms with van der Waals surface area (Å²) in [6, 6.07) is 13.6. The minimum atomic E-state index is -0.389. The second-order valence-electron chi connectivity index (χ2n) is 6.16. The van der Waals surface area contributed by atoms with E-state index in [1.54, 1.807) is 6.21 Å². The highest BCUT2D eigenvalue weighted by Crippen LogP contribution is 2.20. The third kappa shape index (κ3) is 3.71. The molecule has 128 valence electrons. The minimum absolute atomic E-state index is 0.182. The van der Waals surface area contributed by atoms with E-state index in [9.17, 15) is 4.79 Å². The molecule has 1 atom stereocenters. The Morgan fingerprint density at radius 2 is 1.84 bits per heavy atom. The first kappa shape index (κ1) is 16.8. The first-order valence-electron chi connectivity index (χ1n) is 8.28. The smallest absolute Gasteiger partial charge is 0.262 e. The van der Waals surface area contributed by atoms with Crippen LogP contribution in [0.15, 0.2) is 53.8 Å². The summed E-state index contributed by atoms with van der Waals surface area (Å²) in [5.41, 5.74) is 7.79. The Morgan fingerprint density at radius 1 is 1.12 bits per heavy atom. The van der Waals surface area contributed by atoms with Gasteiger partial charge >= 0.3 is 0 Å². The van der Waals surface area contributed by atoms with Crippen molar-refractivity contribution in [3.63, 3.8) is 0 Å². The van der Waals surface area contributed by atoms with Crippen LogP contribution in [0.5, 0.6) is 0 Å². The Hall–Kier alpha value is -3.08. The number of aryl methyl sites for hydroxylation is 2. The zero-order valence-electron chi connectivity index (χ0n) is 14.6. The molecular formula is C20H22N4O. The van der Waals surface area contributed by atoms with Crippen LogP contribution in [0.4, 0.5) is 5.69 Å². The number of aromatic nitrogens is 1. The van der Waals surface area contributed by atoms with Crippen LogP contribution < -0.4 is 10.7 Å². The lowest BCUT2D eigenvalue weighted by Crippen LogP contribution is -2.35. The largest absolute Gasteiger partial charge is 0.373 e. The van der Waals surface area contributed by atoms with E-state index < -0.39 is 0 Å². The highest BCUT2D eigenvalue weighted by molar-refractivity contribution is 5.99. The van der Waals surface area contributed by atoms with Crippen LogP contribution in [0, 0.1) is 13.8 Å². The van der Waals surface area contributed by atoms with Crippen molar-refractivity contribution in [2.45, 2.75) is 26.8 Å². The van der Waals surface area contributed by atoms with Crippen LogP contribution in [0.3, 0.4) is 0 Å². The maximum Gasteiger partial charge on any atom is 0.262 e. The lowest BCUT2D eigenvalue weighted by molar-refractivity contribution is -0.121. The molecule has 0 aliphatic heterocycles. The number of carbonyl (C=O) groups excluding carboxylic acids is 1. The van der Waals surface area contributed by atoms with E-state index in [1.165, 1.54) is 0 Å². The fourth-order valence-electron chi connectivity index (χ4n) is 2.79.